The van der Waals surface area contributed by atoms with Crippen molar-refractivity contribution in [3.63, 3.8) is 0 Å². The highest BCUT2D eigenvalue weighted by atomic mass is 15.2. The third kappa shape index (κ3) is 2.69. The van der Waals surface area contributed by atoms with Crippen LogP contribution in [0.5, 0.6) is 0 Å². The first-order valence-electron chi connectivity index (χ1n) is 8.17. The van der Waals surface area contributed by atoms with Crippen LogP contribution in [0.15, 0.2) is 55.0 Å². The first kappa shape index (κ1) is 13.6. The molecule has 3 heterocycles. The van der Waals surface area contributed by atoms with E-state index < -0.39 is 0 Å². The Morgan fingerprint density at radius 3 is 2.77 bits per heavy atom. The van der Waals surface area contributed by atoms with E-state index >= 15 is 0 Å². The van der Waals surface area contributed by atoms with Crippen molar-refractivity contribution >= 4 is 5.57 Å². The van der Waals surface area contributed by atoms with Crippen LogP contribution in [0, 0.1) is 0 Å². The lowest BCUT2D eigenvalue weighted by molar-refractivity contribution is 0.0950. The van der Waals surface area contributed by atoms with Gasteiger partial charge < -0.3 is 0 Å². The first-order valence-corrected chi connectivity index (χ1v) is 8.17. The van der Waals surface area contributed by atoms with Crippen LogP contribution in [0.1, 0.15) is 36.9 Å². The van der Waals surface area contributed by atoms with Crippen molar-refractivity contribution in [1.29, 1.82) is 0 Å². The molecule has 112 valence electrons. The quantitative estimate of drug-likeness (QED) is 0.863. The lowest BCUT2D eigenvalue weighted by Crippen LogP contribution is -2.47. The van der Waals surface area contributed by atoms with E-state index in [0.717, 1.165) is 18.7 Å². The second kappa shape index (κ2) is 6.01. The first-order chi connectivity index (χ1) is 10.9. The molecular weight excluding hydrogens is 270 g/mol. The van der Waals surface area contributed by atoms with Crippen molar-refractivity contribution < 1.29 is 0 Å². The monoisotopic (exact) mass is 291 g/mol. The van der Waals surface area contributed by atoms with Crippen molar-refractivity contribution in [2.45, 2.75) is 44.3 Å². The van der Waals surface area contributed by atoms with Gasteiger partial charge in [0.05, 0.1) is 11.9 Å². The molecule has 3 heteroatoms. The Balaban J connectivity index is 1.60. The molecule has 2 aromatic rings. The number of nitrogens with zero attached hydrogens (tertiary/aromatic N) is 3. The summed E-state index contributed by atoms with van der Waals surface area (Å²) in [5.41, 5.74) is 3.85. The molecule has 3 nitrogen and oxygen atoms in total. The van der Waals surface area contributed by atoms with Crippen LogP contribution in [-0.2, 0) is 6.54 Å². The smallest absolute Gasteiger partial charge is 0.0842 e. The van der Waals surface area contributed by atoms with Gasteiger partial charge in [-0.3, -0.25) is 14.9 Å². The molecule has 0 spiro atoms. The molecule has 1 fully saturated rings. The van der Waals surface area contributed by atoms with E-state index in [-0.39, 0.29) is 0 Å². The molecule has 2 bridgehead atoms. The fourth-order valence-corrected chi connectivity index (χ4v) is 3.81. The van der Waals surface area contributed by atoms with Crippen LogP contribution in [0.3, 0.4) is 0 Å². The van der Waals surface area contributed by atoms with E-state index in [1.54, 1.807) is 12.4 Å². The van der Waals surface area contributed by atoms with E-state index in [0.29, 0.717) is 12.1 Å². The lowest BCUT2D eigenvalue weighted by Gasteiger charge is -2.45. The molecule has 0 saturated carbocycles. The van der Waals surface area contributed by atoms with Crippen LogP contribution in [-0.4, -0.2) is 27.0 Å². The highest BCUT2D eigenvalue weighted by Crippen LogP contribution is 2.37. The summed E-state index contributed by atoms with van der Waals surface area (Å²) in [6, 6.07) is 12.0. The molecule has 0 aliphatic carbocycles. The Bertz CT molecular complexity index is 651. The Morgan fingerprint density at radius 1 is 1.09 bits per heavy atom. The predicted octanol–water partition coefficient (Wildman–Crippen LogP) is 3.69. The highest BCUT2D eigenvalue weighted by molar-refractivity contribution is 5.64. The largest absolute Gasteiger partial charge is 0.289 e. The van der Waals surface area contributed by atoms with Crippen LogP contribution >= 0.6 is 0 Å². The normalized spacial score (nSPS) is 24.8. The number of hydrogen-bond acceptors (Lipinski definition) is 3. The maximum Gasteiger partial charge on any atom is 0.0842 e. The molecule has 1 aromatic heterocycles. The van der Waals surface area contributed by atoms with Crippen LogP contribution in [0.2, 0.25) is 0 Å². The molecule has 1 saturated heterocycles. The minimum atomic E-state index is 0.546. The fraction of sp³-hybridized carbons (Fsp3) is 0.368. The SMILES string of the molecule is C1=C(c2cnccn2)CC2CCCC1N2Cc1ccccc1. The molecule has 2 atom stereocenters. The van der Waals surface area contributed by atoms with E-state index in [1.165, 1.54) is 30.4 Å². The molecule has 0 radical (unpaired) electrons. The molecule has 1 aromatic carbocycles. The van der Waals surface area contributed by atoms with Crippen molar-refractivity contribution in [2.75, 3.05) is 0 Å². The summed E-state index contributed by atoms with van der Waals surface area (Å²) in [4.78, 5) is 11.4. The number of aromatic nitrogens is 2. The summed E-state index contributed by atoms with van der Waals surface area (Å²) in [7, 11) is 0. The van der Waals surface area contributed by atoms with Gasteiger partial charge in [0.15, 0.2) is 0 Å². The van der Waals surface area contributed by atoms with Crippen LogP contribution < -0.4 is 0 Å². The second-order valence-corrected chi connectivity index (χ2v) is 6.30. The van der Waals surface area contributed by atoms with Gasteiger partial charge in [-0.2, -0.15) is 0 Å². The van der Waals surface area contributed by atoms with Gasteiger partial charge in [-0.25, -0.2) is 0 Å². The van der Waals surface area contributed by atoms with Crippen molar-refractivity contribution in [2.24, 2.45) is 0 Å². The van der Waals surface area contributed by atoms with Gasteiger partial charge in [0.25, 0.3) is 0 Å². The van der Waals surface area contributed by atoms with Crippen molar-refractivity contribution in [1.82, 2.24) is 14.9 Å². The third-order valence-electron chi connectivity index (χ3n) is 4.88. The number of benzene rings is 1. The molecule has 0 amide bonds. The minimum absolute atomic E-state index is 0.546. The second-order valence-electron chi connectivity index (χ2n) is 6.30. The Morgan fingerprint density at radius 2 is 2.00 bits per heavy atom. The molecule has 2 aliphatic rings. The average Bonchev–Trinajstić information content (AvgIpc) is 2.56. The molecule has 2 aliphatic heterocycles. The maximum absolute atomic E-state index is 4.49. The van der Waals surface area contributed by atoms with E-state index in [9.17, 15) is 0 Å². The summed E-state index contributed by atoms with van der Waals surface area (Å²) < 4.78 is 0. The molecule has 22 heavy (non-hydrogen) atoms. The van der Waals surface area contributed by atoms with Gasteiger partial charge in [-0.15, -0.1) is 0 Å². The molecule has 2 unspecified atom stereocenters. The number of hydrogen-bond donors (Lipinski definition) is 0. The van der Waals surface area contributed by atoms with Gasteiger partial charge in [-0.05, 0) is 30.4 Å². The minimum Gasteiger partial charge on any atom is -0.289 e. The number of piperidine rings is 1. The van der Waals surface area contributed by atoms with Crippen molar-refractivity contribution in [3.05, 3.63) is 66.3 Å². The molecule has 0 N–H and O–H groups in total. The zero-order valence-corrected chi connectivity index (χ0v) is 12.7. The van der Waals surface area contributed by atoms with Crippen molar-refractivity contribution in [3.8, 4) is 0 Å². The topological polar surface area (TPSA) is 29.0 Å². The van der Waals surface area contributed by atoms with E-state index in [2.05, 4.69) is 51.3 Å². The summed E-state index contributed by atoms with van der Waals surface area (Å²) in [5.74, 6) is 0. The fourth-order valence-electron chi connectivity index (χ4n) is 3.81. The third-order valence-corrected chi connectivity index (χ3v) is 4.88. The predicted molar refractivity (Wildman–Crippen MR) is 88.0 cm³/mol. The lowest BCUT2D eigenvalue weighted by atomic mass is 9.84. The summed E-state index contributed by atoms with van der Waals surface area (Å²) in [6.45, 7) is 1.06. The van der Waals surface area contributed by atoms with Gasteiger partial charge in [-0.1, -0.05) is 42.8 Å². The maximum atomic E-state index is 4.49. The Kier molecular flexibility index (Phi) is 3.73. The van der Waals surface area contributed by atoms with Crippen LogP contribution in [0.4, 0.5) is 0 Å². The molecule has 4 rings (SSSR count). The number of rotatable bonds is 3. The highest BCUT2D eigenvalue weighted by Gasteiger charge is 2.34. The van der Waals surface area contributed by atoms with E-state index in [4.69, 9.17) is 0 Å². The zero-order chi connectivity index (χ0) is 14.8. The van der Waals surface area contributed by atoms with Gasteiger partial charge in [0, 0.05) is 31.0 Å². The number of fused-ring (bicyclic) bond motifs is 2. The standard InChI is InChI=1S/C19H21N3/c1-2-5-15(6-3-1)14-22-17-7-4-8-18(22)12-16(11-17)19-13-20-9-10-21-19/h1-3,5-6,9-11,13,17-18H,4,7-8,12,14H2. The summed E-state index contributed by atoms with van der Waals surface area (Å²) in [6.07, 6.45) is 12.9. The Hall–Kier alpha value is -2.00. The van der Waals surface area contributed by atoms with Crippen LogP contribution in [0.25, 0.3) is 5.57 Å². The van der Waals surface area contributed by atoms with Gasteiger partial charge in [0.2, 0.25) is 0 Å². The van der Waals surface area contributed by atoms with Gasteiger partial charge in [0.1, 0.15) is 0 Å². The molecular formula is C19H21N3. The average molecular weight is 291 g/mol. The summed E-state index contributed by atoms with van der Waals surface area (Å²) in [5, 5.41) is 0. The summed E-state index contributed by atoms with van der Waals surface area (Å²) >= 11 is 0. The van der Waals surface area contributed by atoms with Gasteiger partial charge >= 0.3 is 0 Å². The Labute approximate surface area is 131 Å². The zero-order valence-electron chi connectivity index (χ0n) is 12.7. The van der Waals surface area contributed by atoms with E-state index in [1.807, 2.05) is 6.20 Å².